The normalized spacial score (nSPS) is 12.2. The summed E-state index contributed by atoms with van der Waals surface area (Å²) in [6, 6.07) is 148. The molecular weight excluding hydrogens is 1220 g/mol. The molecule has 16 aromatic carbocycles. The number of nitrogens with zero attached hydrogens (tertiary/aromatic N) is 4. The van der Waals surface area contributed by atoms with Crippen LogP contribution in [0.1, 0.15) is 22.3 Å². The average Bonchev–Trinajstić information content (AvgIpc) is 1.51. The third-order valence-electron chi connectivity index (χ3n) is 20.7. The molecule has 18 aromatic rings. The zero-order valence-electron chi connectivity index (χ0n) is 55.4. The summed E-state index contributed by atoms with van der Waals surface area (Å²) in [6.07, 6.45) is 0. The van der Waals surface area contributed by atoms with E-state index in [9.17, 15) is 0 Å². The summed E-state index contributed by atoms with van der Waals surface area (Å²) in [5, 5.41) is 7.06. The monoisotopic (exact) mass is 1290 g/mol. The van der Waals surface area contributed by atoms with Crippen LogP contribution in [0.25, 0.3) is 111 Å². The van der Waals surface area contributed by atoms with E-state index in [0.717, 1.165) is 79.0 Å². The highest BCUT2D eigenvalue weighted by Gasteiger charge is 2.47. The fraction of sp³-hybridized carbons (Fsp3) is 0.0103. The maximum absolute atomic E-state index is 2.51. The molecule has 0 radical (unpaired) electrons. The highest BCUT2D eigenvalue weighted by Crippen LogP contribution is 2.59. The van der Waals surface area contributed by atoms with Crippen LogP contribution in [-0.4, -0.2) is 9.13 Å². The van der Waals surface area contributed by atoms with Gasteiger partial charge in [0, 0.05) is 67.4 Å². The van der Waals surface area contributed by atoms with Crippen molar-refractivity contribution in [2.45, 2.75) is 5.41 Å². The summed E-state index contributed by atoms with van der Waals surface area (Å²) in [7, 11) is 0. The minimum absolute atomic E-state index is 0.800. The minimum atomic E-state index is -0.800. The Kier molecular flexibility index (Phi) is 14.4. The Morgan fingerprint density at radius 3 is 0.881 bits per heavy atom. The van der Waals surface area contributed by atoms with Crippen LogP contribution in [0.2, 0.25) is 0 Å². The van der Waals surface area contributed by atoms with Crippen LogP contribution in [0.5, 0.6) is 0 Å². The van der Waals surface area contributed by atoms with Crippen LogP contribution in [-0.2, 0) is 5.41 Å². The molecule has 0 atom stereocenters. The molecule has 1 aliphatic carbocycles. The lowest BCUT2D eigenvalue weighted by atomic mass is 9.67. The van der Waals surface area contributed by atoms with Gasteiger partial charge < -0.3 is 18.9 Å². The van der Waals surface area contributed by atoms with Gasteiger partial charge in [0.25, 0.3) is 0 Å². The van der Waals surface area contributed by atoms with Crippen LogP contribution in [0, 0.1) is 0 Å². The molecule has 0 bridgehead atoms. The molecule has 101 heavy (non-hydrogen) atoms. The van der Waals surface area contributed by atoms with E-state index >= 15 is 0 Å². The molecule has 0 aliphatic heterocycles. The lowest BCUT2D eigenvalue weighted by molar-refractivity contribution is 0.768. The van der Waals surface area contributed by atoms with E-state index in [4.69, 9.17) is 0 Å². The van der Waals surface area contributed by atoms with Crippen LogP contribution in [0.15, 0.2) is 400 Å². The fourth-order valence-corrected chi connectivity index (χ4v) is 16.3. The molecule has 0 saturated heterocycles. The van der Waals surface area contributed by atoms with E-state index in [-0.39, 0.29) is 0 Å². The topological polar surface area (TPSA) is 16.3 Å². The van der Waals surface area contributed by atoms with E-state index in [1.165, 1.54) is 88.0 Å². The van der Waals surface area contributed by atoms with Gasteiger partial charge in [-0.1, -0.05) is 303 Å². The van der Waals surface area contributed by atoms with Crippen molar-refractivity contribution in [1.29, 1.82) is 0 Å². The second-order valence-electron chi connectivity index (χ2n) is 26.3. The highest BCUT2D eigenvalue weighted by atomic mass is 15.2. The molecule has 2 heterocycles. The number of rotatable bonds is 14. The minimum Gasteiger partial charge on any atom is -0.310 e. The van der Waals surface area contributed by atoms with Crippen molar-refractivity contribution in [2.24, 2.45) is 0 Å². The van der Waals surface area contributed by atoms with E-state index in [1.807, 2.05) is 0 Å². The molecule has 0 spiro atoms. The fourth-order valence-electron chi connectivity index (χ4n) is 16.3. The summed E-state index contributed by atoms with van der Waals surface area (Å²) in [6.45, 7) is 0. The number of anilines is 6. The Bertz CT molecular complexity index is 5730. The van der Waals surface area contributed by atoms with Gasteiger partial charge in [0.15, 0.2) is 0 Å². The molecule has 2 aromatic heterocycles. The molecule has 4 heteroatoms. The number of fused-ring (bicyclic) bond motifs is 7. The Morgan fingerprint density at radius 1 is 0.218 bits per heavy atom. The molecular formula is C97H66N4. The van der Waals surface area contributed by atoms with E-state index in [0.29, 0.717) is 0 Å². The van der Waals surface area contributed by atoms with Crippen molar-refractivity contribution in [3.63, 3.8) is 0 Å². The van der Waals surface area contributed by atoms with E-state index in [2.05, 4.69) is 419 Å². The Labute approximate surface area is 588 Å². The predicted molar refractivity (Wildman–Crippen MR) is 424 cm³/mol. The molecule has 4 nitrogen and oxygen atoms in total. The first kappa shape index (κ1) is 59.0. The Hall–Kier alpha value is -13.3. The van der Waals surface area contributed by atoms with E-state index in [1.54, 1.807) is 0 Å². The first-order chi connectivity index (χ1) is 50.1. The SMILES string of the molecule is c1ccc(-c2c(-c3ccccc3)n(-c3ccccc3)c3cc(N(c4ccc5c(c4)C(c4ccccc4)(c4ccccc4)c4cc(N(c6ccc7ccccc7c6)c6ccc7c(-c8ccccc8)c(-c8ccccc8)n(-c8ccccc8)c7c6)ccc4-5)c4ccc5ccccc5c4)ccc23)cc1. The lowest BCUT2D eigenvalue weighted by Crippen LogP contribution is -2.29. The second-order valence-corrected chi connectivity index (χ2v) is 26.3. The number of para-hydroxylation sites is 2. The molecule has 1 aliphatic rings. The molecule has 0 fully saturated rings. The first-order valence-corrected chi connectivity index (χ1v) is 34.8. The van der Waals surface area contributed by atoms with Gasteiger partial charge in [-0.15, -0.1) is 0 Å². The molecule has 0 amide bonds. The average molecular weight is 1290 g/mol. The number of hydrogen-bond donors (Lipinski definition) is 0. The van der Waals surface area contributed by atoms with Gasteiger partial charge in [-0.3, -0.25) is 0 Å². The van der Waals surface area contributed by atoms with Crippen molar-refractivity contribution in [1.82, 2.24) is 9.13 Å². The predicted octanol–water partition coefficient (Wildman–Crippen LogP) is 25.9. The maximum atomic E-state index is 2.51. The van der Waals surface area contributed by atoms with Crippen LogP contribution in [0.4, 0.5) is 34.1 Å². The molecule has 0 unspecified atom stereocenters. The van der Waals surface area contributed by atoms with Gasteiger partial charge in [0.2, 0.25) is 0 Å². The zero-order valence-corrected chi connectivity index (χ0v) is 55.4. The largest absolute Gasteiger partial charge is 0.310 e. The third-order valence-corrected chi connectivity index (χ3v) is 20.7. The van der Waals surface area contributed by atoms with Crippen molar-refractivity contribution in [3.05, 3.63) is 423 Å². The summed E-state index contributed by atoms with van der Waals surface area (Å²) in [5.41, 5.74) is 26.4. The molecule has 474 valence electrons. The second kappa shape index (κ2) is 24.7. The van der Waals surface area contributed by atoms with Crippen molar-refractivity contribution in [2.75, 3.05) is 9.80 Å². The summed E-state index contributed by atoms with van der Waals surface area (Å²) < 4.78 is 4.96. The number of aromatic nitrogens is 2. The number of hydrogen-bond acceptors (Lipinski definition) is 2. The van der Waals surface area contributed by atoms with Gasteiger partial charge >= 0.3 is 0 Å². The smallest absolute Gasteiger partial charge is 0.0715 e. The first-order valence-electron chi connectivity index (χ1n) is 34.8. The maximum Gasteiger partial charge on any atom is 0.0715 e. The van der Waals surface area contributed by atoms with Gasteiger partial charge in [-0.25, -0.2) is 0 Å². The van der Waals surface area contributed by atoms with Crippen LogP contribution >= 0.6 is 0 Å². The van der Waals surface area contributed by atoms with Gasteiger partial charge in [-0.2, -0.15) is 0 Å². The van der Waals surface area contributed by atoms with Gasteiger partial charge in [0.05, 0.1) is 27.8 Å². The quantitative estimate of drug-likeness (QED) is 0.108. The zero-order chi connectivity index (χ0) is 66.8. The van der Waals surface area contributed by atoms with Crippen molar-refractivity contribution in [3.8, 4) is 67.3 Å². The summed E-state index contributed by atoms with van der Waals surface area (Å²) >= 11 is 0. The highest BCUT2D eigenvalue weighted by molar-refractivity contribution is 6.09. The third kappa shape index (κ3) is 9.90. The number of benzene rings is 16. The van der Waals surface area contributed by atoms with Gasteiger partial charge in [0.1, 0.15) is 0 Å². The Morgan fingerprint density at radius 2 is 0.505 bits per heavy atom. The molecule has 19 rings (SSSR count). The standard InChI is InChI=1S/C97H66N4/c1-9-31-69(32-10-1)93-87-59-55-83(65-91(87)100(77-45-21-7-22-46-77)95(93)71-35-13-3-14-36-71)98(79-51-49-67-29-25-27-39-73(67)61-79)81-53-57-85-86-58-54-82(64-90(86)97(89(85)63-81,75-41-17-5-18-42-75)76-43-19-6-20-44-76)99(80-52-50-68-30-26-28-40-74(68)62-80)84-56-60-88-92(66-84)101(78-47-23-8-24-48-78)96(72-37-15-4-16-38-72)94(88)70-33-11-2-12-34-70/h1-66H. The van der Waals surface area contributed by atoms with E-state index < -0.39 is 5.41 Å². The van der Waals surface area contributed by atoms with Gasteiger partial charge in [-0.05, 0) is 174 Å². The molecule has 0 saturated carbocycles. The van der Waals surface area contributed by atoms with Crippen molar-refractivity contribution < 1.29 is 0 Å². The Balaban J connectivity index is 0.855. The summed E-state index contributed by atoms with van der Waals surface area (Å²) in [5.74, 6) is 0. The van der Waals surface area contributed by atoms with Crippen LogP contribution < -0.4 is 9.80 Å². The molecule has 0 N–H and O–H groups in total. The van der Waals surface area contributed by atoms with Crippen molar-refractivity contribution >= 4 is 77.5 Å². The lowest BCUT2D eigenvalue weighted by Gasteiger charge is -2.35. The summed E-state index contributed by atoms with van der Waals surface area (Å²) in [4.78, 5) is 4.98. The van der Waals surface area contributed by atoms with Crippen LogP contribution in [0.3, 0.4) is 0 Å².